The Hall–Kier alpha value is -1.89. The molecule has 7 heteroatoms. The van der Waals surface area contributed by atoms with Crippen molar-refractivity contribution in [1.29, 1.82) is 0 Å². The van der Waals surface area contributed by atoms with Crippen molar-refractivity contribution in [1.82, 2.24) is 19.9 Å². The summed E-state index contributed by atoms with van der Waals surface area (Å²) >= 11 is 0. The topological polar surface area (TPSA) is 113 Å². The van der Waals surface area contributed by atoms with Crippen LogP contribution in [0.1, 0.15) is 13.8 Å². The van der Waals surface area contributed by atoms with Crippen LogP contribution in [0, 0.1) is 5.92 Å². The average Bonchev–Trinajstić information content (AvgIpc) is 2.72. The Balaban J connectivity index is 2.20. The van der Waals surface area contributed by atoms with Gasteiger partial charge in [0.25, 0.3) is 0 Å². The molecule has 92 valence electrons. The van der Waals surface area contributed by atoms with Crippen molar-refractivity contribution >= 4 is 22.9 Å². The number of nitrogens with zero attached hydrogens (tertiary/aromatic N) is 3. The van der Waals surface area contributed by atoms with Crippen molar-refractivity contribution in [2.75, 3.05) is 17.6 Å². The van der Waals surface area contributed by atoms with Gasteiger partial charge in [0.1, 0.15) is 5.52 Å². The minimum absolute atomic E-state index is 0.158. The van der Waals surface area contributed by atoms with Gasteiger partial charge in [0.15, 0.2) is 11.5 Å². The number of H-pyrrole nitrogens is 1. The zero-order valence-corrected chi connectivity index (χ0v) is 9.81. The standard InChI is InChI=1S/C10H16N6O/c1-5(2)6(17)3-12-8-7-9(14-4-13-7)16-10(11)15-8/h4-6,17H,3H2,1-2H3,(H4,11,12,13,14,15,16). The molecular formula is C10H16N6O. The van der Waals surface area contributed by atoms with Crippen LogP contribution in [0.3, 0.4) is 0 Å². The van der Waals surface area contributed by atoms with Gasteiger partial charge in [0.05, 0.1) is 12.4 Å². The maximum atomic E-state index is 9.72. The van der Waals surface area contributed by atoms with Crippen LogP contribution in [-0.4, -0.2) is 37.7 Å². The smallest absolute Gasteiger partial charge is 0.224 e. The van der Waals surface area contributed by atoms with Crippen LogP contribution >= 0.6 is 0 Å². The molecule has 2 aromatic rings. The molecule has 0 aliphatic rings. The molecule has 0 bridgehead atoms. The number of anilines is 2. The zero-order valence-electron chi connectivity index (χ0n) is 9.81. The fraction of sp³-hybridized carbons (Fsp3) is 0.500. The maximum absolute atomic E-state index is 9.72. The molecule has 0 fully saturated rings. The Bertz CT molecular complexity index is 508. The molecule has 2 aromatic heterocycles. The summed E-state index contributed by atoms with van der Waals surface area (Å²) in [6.07, 6.45) is 1.09. The van der Waals surface area contributed by atoms with Crippen molar-refractivity contribution < 1.29 is 5.11 Å². The van der Waals surface area contributed by atoms with Crippen molar-refractivity contribution in [2.24, 2.45) is 5.92 Å². The van der Waals surface area contributed by atoms with Crippen LogP contribution < -0.4 is 11.1 Å². The van der Waals surface area contributed by atoms with E-state index in [4.69, 9.17) is 5.73 Å². The van der Waals surface area contributed by atoms with Gasteiger partial charge in [-0.3, -0.25) is 0 Å². The molecule has 1 atom stereocenters. The van der Waals surface area contributed by atoms with E-state index in [9.17, 15) is 5.11 Å². The highest BCUT2D eigenvalue weighted by Crippen LogP contribution is 2.17. The summed E-state index contributed by atoms with van der Waals surface area (Å²) in [5.74, 6) is 0.898. The van der Waals surface area contributed by atoms with Crippen LogP contribution in [0.2, 0.25) is 0 Å². The van der Waals surface area contributed by atoms with E-state index in [1.54, 1.807) is 0 Å². The summed E-state index contributed by atoms with van der Waals surface area (Å²) in [4.78, 5) is 15.0. The van der Waals surface area contributed by atoms with E-state index in [2.05, 4.69) is 25.3 Å². The molecule has 2 heterocycles. The summed E-state index contributed by atoms with van der Waals surface area (Å²) in [6, 6.07) is 0. The lowest BCUT2D eigenvalue weighted by Crippen LogP contribution is -2.25. The quantitative estimate of drug-likeness (QED) is 0.610. The van der Waals surface area contributed by atoms with Gasteiger partial charge in [-0.05, 0) is 5.92 Å². The second kappa shape index (κ2) is 4.54. The van der Waals surface area contributed by atoms with E-state index < -0.39 is 6.10 Å². The second-order valence-corrected chi connectivity index (χ2v) is 4.22. The largest absolute Gasteiger partial charge is 0.391 e. The van der Waals surface area contributed by atoms with Crippen LogP contribution in [-0.2, 0) is 0 Å². The summed E-state index contributed by atoms with van der Waals surface area (Å²) in [5, 5.41) is 12.8. The number of aliphatic hydroxyl groups is 1. The first-order valence-corrected chi connectivity index (χ1v) is 5.46. The van der Waals surface area contributed by atoms with E-state index in [1.165, 1.54) is 6.33 Å². The fourth-order valence-electron chi connectivity index (χ4n) is 1.41. The first kappa shape index (κ1) is 11.6. The number of nitrogens with one attached hydrogen (secondary N) is 2. The molecule has 1 unspecified atom stereocenters. The number of nitrogens with two attached hydrogens (primary N) is 1. The number of aromatic nitrogens is 4. The highest BCUT2D eigenvalue weighted by molar-refractivity contribution is 5.83. The summed E-state index contributed by atoms with van der Waals surface area (Å²) in [6.45, 7) is 4.31. The monoisotopic (exact) mass is 236 g/mol. The minimum Gasteiger partial charge on any atom is -0.391 e. The maximum Gasteiger partial charge on any atom is 0.224 e. The molecule has 0 amide bonds. The number of hydrogen-bond acceptors (Lipinski definition) is 6. The van der Waals surface area contributed by atoms with Gasteiger partial charge in [-0.1, -0.05) is 13.8 Å². The molecule has 2 rings (SSSR count). The van der Waals surface area contributed by atoms with Gasteiger partial charge < -0.3 is 21.1 Å². The van der Waals surface area contributed by atoms with Crippen molar-refractivity contribution in [3.63, 3.8) is 0 Å². The number of aliphatic hydroxyl groups excluding tert-OH is 1. The first-order valence-electron chi connectivity index (χ1n) is 5.46. The molecule has 0 saturated carbocycles. The first-order chi connectivity index (χ1) is 8.08. The predicted molar refractivity (Wildman–Crippen MR) is 65.4 cm³/mol. The molecule has 0 radical (unpaired) electrons. The lowest BCUT2D eigenvalue weighted by molar-refractivity contribution is 0.138. The molecule has 7 nitrogen and oxygen atoms in total. The van der Waals surface area contributed by atoms with Crippen molar-refractivity contribution in [3.8, 4) is 0 Å². The fourth-order valence-corrected chi connectivity index (χ4v) is 1.41. The summed E-state index contributed by atoms with van der Waals surface area (Å²) in [7, 11) is 0. The van der Waals surface area contributed by atoms with Gasteiger partial charge in [-0.25, -0.2) is 4.98 Å². The number of rotatable bonds is 4. The van der Waals surface area contributed by atoms with Gasteiger partial charge in [0.2, 0.25) is 5.95 Å². The molecular weight excluding hydrogens is 220 g/mol. The molecule has 0 saturated heterocycles. The summed E-state index contributed by atoms with van der Waals surface area (Å²) < 4.78 is 0. The van der Waals surface area contributed by atoms with Crippen LogP contribution in [0.4, 0.5) is 11.8 Å². The highest BCUT2D eigenvalue weighted by Gasteiger charge is 2.12. The van der Waals surface area contributed by atoms with Crippen molar-refractivity contribution in [2.45, 2.75) is 20.0 Å². The minimum atomic E-state index is -0.441. The normalized spacial score (nSPS) is 13.2. The Morgan fingerprint density at radius 3 is 2.94 bits per heavy atom. The summed E-state index contributed by atoms with van der Waals surface area (Å²) in [5.41, 5.74) is 6.77. The SMILES string of the molecule is CC(C)C(O)CNc1nc(N)nc2nc[nH]c12. The third-order valence-corrected chi connectivity index (χ3v) is 2.55. The van der Waals surface area contributed by atoms with Gasteiger partial charge >= 0.3 is 0 Å². The lowest BCUT2D eigenvalue weighted by atomic mass is 10.1. The van der Waals surface area contributed by atoms with Crippen LogP contribution in [0.5, 0.6) is 0 Å². The Labute approximate surface area is 98.5 Å². The van der Waals surface area contributed by atoms with Crippen LogP contribution in [0.15, 0.2) is 6.33 Å². The molecule has 0 spiro atoms. The Morgan fingerprint density at radius 2 is 2.24 bits per heavy atom. The Kier molecular flexibility index (Phi) is 3.10. The molecule has 17 heavy (non-hydrogen) atoms. The second-order valence-electron chi connectivity index (χ2n) is 4.22. The molecule has 0 aromatic carbocycles. The number of aromatic amines is 1. The molecule has 0 aliphatic heterocycles. The number of fused-ring (bicyclic) bond motifs is 1. The van der Waals surface area contributed by atoms with E-state index >= 15 is 0 Å². The molecule has 5 N–H and O–H groups in total. The average molecular weight is 236 g/mol. The van der Waals surface area contributed by atoms with Crippen molar-refractivity contribution in [3.05, 3.63) is 6.33 Å². The number of hydrogen-bond donors (Lipinski definition) is 4. The van der Waals surface area contributed by atoms with Gasteiger partial charge in [-0.2, -0.15) is 9.97 Å². The zero-order chi connectivity index (χ0) is 12.4. The van der Waals surface area contributed by atoms with E-state index in [-0.39, 0.29) is 11.9 Å². The van der Waals surface area contributed by atoms with Crippen LogP contribution in [0.25, 0.3) is 11.2 Å². The highest BCUT2D eigenvalue weighted by atomic mass is 16.3. The lowest BCUT2D eigenvalue weighted by Gasteiger charge is -2.15. The predicted octanol–water partition coefficient (Wildman–Crippen LogP) is 0.364. The number of imidazole rings is 1. The van der Waals surface area contributed by atoms with Gasteiger partial charge in [0, 0.05) is 6.54 Å². The third kappa shape index (κ3) is 2.44. The van der Waals surface area contributed by atoms with Gasteiger partial charge in [-0.15, -0.1) is 0 Å². The molecule has 0 aliphatic carbocycles. The third-order valence-electron chi connectivity index (χ3n) is 2.55. The number of nitrogen functional groups attached to an aromatic ring is 1. The van der Waals surface area contributed by atoms with E-state index in [1.807, 2.05) is 13.8 Å². The van der Waals surface area contributed by atoms with E-state index in [0.717, 1.165) is 0 Å². The van der Waals surface area contributed by atoms with E-state index in [0.29, 0.717) is 23.5 Å². The Morgan fingerprint density at radius 1 is 1.47 bits per heavy atom.